The zero-order valence-electron chi connectivity index (χ0n) is 15.8. The van der Waals surface area contributed by atoms with Gasteiger partial charge < -0.3 is 9.64 Å². The number of anilines is 1. The van der Waals surface area contributed by atoms with E-state index in [1.165, 1.54) is 17.7 Å². The zero-order valence-corrected chi connectivity index (χ0v) is 17.4. The van der Waals surface area contributed by atoms with Crippen molar-refractivity contribution >= 4 is 21.6 Å². The maximum Gasteiger partial charge on any atom is 0.135 e. The Morgan fingerprint density at radius 2 is 1.92 bits per heavy atom. The molecule has 0 bridgehead atoms. The Hall–Kier alpha value is -1.52. The van der Waals surface area contributed by atoms with Crippen LogP contribution in [0.15, 0.2) is 46.9 Å². The number of nitrogens with zero attached hydrogens (tertiary/aromatic N) is 2. The molecule has 1 heterocycles. The first-order chi connectivity index (χ1) is 12.6. The lowest BCUT2D eigenvalue weighted by Gasteiger charge is -2.42. The molecule has 2 fully saturated rings. The Bertz CT molecular complexity index is 793. The molecular formula is C22H27BrN2O. The van der Waals surface area contributed by atoms with Crippen LogP contribution in [-0.4, -0.2) is 43.7 Å². The minimum atomic E-state index is 0.507. The van der Waals surface area contributed by atoms with Gasteiger partial charge in [0.15, 0.2) is 0 Å². The molecule has 1 unspecified atom stereocenters. The van der Waals surface area contributed by atoms with Gasteiger partial charge in [0.2, 0.25) is 0 Å². The zero-order chi connectivity index (χ0) is 18.3. The van der Waals surface area contributed by atoms with E-state index in [9.17, 15) is 0 Å². The molecule has 1 saturated heterocycles. The van der Waals surface area contributed by atoms with Gasteiger partial charge in [0.1, 0.15) is 5.75 Å². The Balaban J connectivity index is 1.42. The average molecular weight is 415 g/mol. The number of hydrogen-bond acceptors (Lipinski definition) is 3. The molecule has 26 heavy (non-hydrogen) atoms. The van der Waals surface area contributed by atoms with Crippen LogP contribution in [0.1, 0.15) is 30.4 Å². The van der Waals surface area contributed by atoms with Crippen LogP contribution in [0, 0.1) is 6.92 Å². The van der Waals surface area contributed by atoms with Crippen LogP contribution in [0.3, 0.4) is 0 Å². The molecule has 2 aliphatic rings. The molecule has 4 rings (SSSR count). The van der Waals surface area contributed by atoms with Crippen molar-refractivity contribution in [3.05, 3.63) is 58.1 Å². The van der Waals surface area contributed by atoms with E-state index in [4.69, 9.17) is 4.74 Å². The number of halogens is 1. The second-order valence-corrected chi connectivity index (χ2v) is 8.48. The third kappa shape index (κ3) is 3.37. The highest BCUT2D eigenvalue weighted by Crippen LogP contribution is 2.46. The maximum absolute atomic E-state index is 5.47. The van der Waals surface area contributed by atoms with Crippen LogP contribution >= 0.6 is 15.9 Å². The largest absolute Gasteiger partial charge is 0.495 e. The van der Waals surface area contributed by atoms with Gasteiger partial charge in [-0.05, 0) is 59.5 Å². The first-order valence-corrected chi connectivity index (χ1v) is 10.3. The number of benzene rings is 2. The topological polar surface area (TPSA) is 15.7 Å². The maximum atomic E-state index is 5.47. The summed E-state index contributed by atoms with van der Waals surface area (Å²) in [6.07, 6.45) is 1.31. The third-order valence-corrected chi connectivity index (χ3v) is 6.59. The molecule has 2 aromatic carbocycles. The van der Waals surface area contributed by atoms with Gasteiger partial charge in [-0.3, -0.25) is 4.90 Å². The van der Waals surface area contributed by atoms with Crippen molar-refractivity contribution in [1.82, 2.24) is 4.90 Å². The summed E-state index contributed by atoms with van der Waals surface area (Å²) >= 11 is 3.55. The van der Waals surface area contributed by atoms with Gasteiger partial charge in [-0.25, -0.2) is 0 Å². The van der Waals surface area contributed by atoms with Crippen molar-refractivity contribution in [3.63, 3.8) is 0 Å². The number of hydrogen-bond donors (Lipinski definition) is 0. The SMILES string of the molecule is COc1cc(N2CCN([C@@H]3C[C@H]3c3ccccc3C)CC2C)ccc1Br. The summed E-state index contributed by atoms with van der Waals surface area (Å²) in [6.45, 7) is 7.92. The van der Waals surface area contributed by atoms with E-state index >= 15 is 0 Å². The van der Waals surface area contributed by atoms with Crippen molar-refractivity contribution in [2.45, 2.75) is 38.3 Å². The van der Waals surface area contributed by atoms with Crippen molar-refractivity contribution in [1.29, 1.82) is 0 Å². The van der Waals surface area contributed by atoms with Gasteiger partial charge >= 0.3 is 0 Å². The predicted octanol–water partition coefficient (Wildman–Crippen LogP) is 4.83. The monoisotopic (exact) mass is 414 g/mol. The average Bonchev–Trinajstić information content (AvgIpc) is 3.43. The van der Waals surface area contributed by atoms with Gasteiger partial charge in [-0.2, -0.15) is 0 Å². The predicted molar refractivity (Wildman–Crippen MR) is 111 cm³/mol. The van der Waals surface area contributed by atoms with Crippen LogP contribution in [0.25, 0.3) is 0 Å². The number of rotatable bonds is 4. The number of ether oxygens (including phenoxy) is 1. The van der Waals surface area contributed by atoms with Crippen LogP contribution < -0.4 is 9.64 Å². The molecule has 0 aromatic heterocycles. The van der Waals surface area contributed by atoms with Crippen LogP contribution in [0.5, 0.6) is 5.75 Å². The summed E-state index contributed by atoms with van der Waals surface area (Å²) in [7, 11) is 1.73. The first kappa shape index (κ1) is 17.9. The molecule has 1 saturated carbocycles. The normalized spacial score (nSPS) is 26.0. The van der Waals surface area contributed by atoms with Gasteiger partial charge in [0.25, 0.3) is 0 Å². The van der Waals surface area contributed by atoms with Crippen LogP contribution in [0.2, 0.25) is 0 Å². The second-order valence-electron chi connectivity index (χ2n) is 7.62. The minimum Gasteiger partial charge on any atom is -0.495 e. The summed E-state index contributed by atoms with van der Waals surface area (Å²) in [4.78, 5) is 5.21. The van der Waals surface area contributed by atoms with Gasteiger partial charge in [-0.1, -0.05) is 24.3 Å². The number of aryl methyl sites for hydroxylation is 1. The van der Waals surface area contributed by atoms with E-state index in [2.05, 4.69) is 82.0 Å². The standard InChI is InChI=1S/C22H27BrN2O/c1-15-6-4-5-7-18(15)19-13-21(19)24-10-11-25(16(2)14-24)17-8-9-20(23)22(12-17)26-3/h4-9,12,16,19,21H,10-11,13-14H2,1-3H3/t16?,19-,21+/m0/s1. The third-order valence-electron chi connectivity index (χ3n) is 5.94. The van der Waals surface area contributed by atoms with E-state index in [0.717, 1.165) is 41.8 Å². The molecule has 0 spiro atoms. The lowest BCUT2D eigenvalue weighted by Crippen LogP contribution is -2.52. The fourth-order valence-electron chi connectivity index (χ4n) is 4.42. The molecule has 0 amide bonds. The summed E-state index contributed by atoms with van der Waals surface area (Å²) in [5.74, 6) is 1.63. The fourth-order valence-corrected chi connectivity index (χ4v) is 4.83. The van der Waals surface area contributed by atoms with Crippen molar-refractivity contribution in [2.75, 3.05) is 31.6 Å². The first-order valence-electron chi connectivity index (χ1n) is 9.48. The minimum absolute atomic E-state index is 0.507. The summed E-state index contributed by atoms with van der Waals surface area (Å²) in [6, 6.07) is 16.5. The molecule has 3 atom stereocenters. The van der Waals surface area contributed by atoms with E-state index in [1.54, 1.807) is 12.7 Å². The van der Waals surface area contributed by atoms with Gasteiger partial charge in [0.05, 0.1) is 11.6 Å². The molecule has 138 valence electrons. The molecule has 4 heteroatoms. The Labute approximate surface area is 165 Å². The highest BCUT2D eigenvalue weighted by Gasteiger charge is 2.44. The Morgan fingerprint density at radius 3 is 2.65 bits per heavy atom. The molecule has 0 N–H and O–H groups in total. The molecule has 0 radical (unpaired) electrons. The number of methoxy groups -OCH3 is 1. The highest BCUT2D eigenvalue weighted by atomic mass is 79.9. The van der Waals surface area contributed by atoms with E-state index < -0.39 is 0 Å². The van der Waals surface area contributed by atoms with E-state index in [0.29, 0.717) is 6.04 Å². The molecular weight excluding hydrogens is 388 g/mol. The molecule has 1 aliphatic heterocycles. The fraction of sp³-hybridized carbons (Fsp3) is 0.455. The van der Waals surface area contributed by atoms with E-state index in [-0.39, 0.29) is 0 Å². The number of piperazine rings is 1. The molecule has 3 nitrogen and oxygen atoms in total. The van der Waals surface area contributed by atoms with Crippen molar-refractivity contribution in [3.8, 4) is 5.75 Å². The summed E-state index contributed by atoms with van der Waals surface area (Å²) < 4.78 is 6.48. The highest BCUT2D eigenvalue weighted by molar-refractivity contribution is 9.10. The van der Waals surface area contributed by atoms with Gasteiger partial charge in [-0.15, -0.1) is 0 Å². The van der Waals surface area contributed by atoms with E-state index in [1.807, 2.05) is 0 Å². The van der Waals surface area contributed by atoms with Crippen molar-refractivity contribution in [2.24, 2.45) is 0 Å². The lowest BCUT2D eigenvalue weighted by molar-refractivity contribution is 0.216. The lowest BCUT2D eigenvalue weighted by atomic mass is 10.0. The van der Waals surface area contributed by atoms with Crippen molar-refractivity contribution < 1.29 is 4.74 Å². The molecule has 2 aromatic rings. The Kier molecular flexibility index (Phi) is 4.98. The van der Waals surface area contributed by atoms with Gasteiger partial charge in [0, 0.05) is 49.4 Å². The Morgan fingerprint density at radius 1 is 1.12 bits per heavy atom. The second kappa shape index (κ2) is 7.24. The smallest absolute Gasteiger partial charge is 0.135 e. The van der Waals surface area contributed by atoms with Crippen LogP contribution in [0.4, 0.5) is 5.69 Å². The summed E-state index contributed by atoms with van der Waals surface area (Å²) in [5.41, 5.74) is 4.24. The summed E-state index contributed by atoms with van der Waals surface area (Å²) in [5, 5.41) is 0. The quantitative estimate of drug-likeness (QED) is 0.711. The molecule has 1 aliphatic carbocycles. The van der Waals surface area contributed by atoms with Crippen LogP contribution in [-0.2, 0) is 0 Å².